The number of primary amides is 3. The van der Waals surface area contributed by atoms with Crippen molar-refractivity contribution in [2.75, 3.05) is 38.7 Å². The van der Waals surface area contributed by atoms with Gasteiger partial charge in [-0.1, -0.05) is 30.3 Å². The van der Waals surface area contributed by atoms with Crippen LogP contribution in [0.25, 0.3) is 0 Å². The molecule has 0 unspecified atom stereocenters. The largest absolute Gasteiger partial charge is 0.480 e. The molecule has 13 atom stereocenters. The average molecular weight is 1510 g/mol. The van der Waals surface area contributed by atoms with E-state index in [1.807, 2.05) is 30.3 Å². The third kappa shape index (κ3) is 61.5. The standard InChI is InChI=1S/C16H23N3O6.C9H17N3O6S.C6H9N3O2.2C5H10N2O3.C5H9NO2.C4H8N2O3.C3H7NO2.C2H5NO2/c1-9(13(19)14(20)21)25-16(23)12(18)8-24-15(22)11(17)7-10-5-3-2-4-6-10;10-4(1-13)7(14)17-2-5(11)8(15)18-9(16)6(12)3-19;7-5(6(10)11)1-4-2-8-3-9-4;2*6-3(5(9)10)1-2-4(7)8;7-5(8)4-2-1-3-6-4;5-2(4(8)9)1-3(6)7;1-2(4)3(5)6;3-1-2(4)5/h2-6,9,11-13H,7-8,17-19H2,1H3,(H,20,21);4-6,13,19H,1-3,10-12H2;2-3,5H,1,7H2,(H,8,9)(H,10,11);2*3H,1-2,6H2,(H2,7,8)(H,9,10);4,6H,1-3H2,(H,7,8);2H,1,5H2,(H2,6,7)(H,8,9);2H,4H2,1H3,(H,5,6);1,3H2,(H,4,5)/t9-,11+,12+,13+;4-,5-,6-;5-;2*3-;4-;2*2-;/m10000000./s1. The highest BCUT2D eigenvalue weighted by atomic mass is 32.1. The number of carboxylic acid groups (broad SMARTS) is 8. The highest BCUT2D eigenvalue weighted by Gasteiger charge is 2.29. The van der Waals surface area contributed by atoms with E-state index in [-0.39, 0.29) is 63.3 Å². The second-order valence-electron chi connectivity index (χ2n) is 20.5. The molecule has 1 aromatic carbocycles. The minimum absolute atomic E-state index is 0.00168. The summed E-state index contributed by atoms with van der Waals surface area (Å²) >= 11 is 3.76. The van der Waals surface area contributed by atoms with Crippen LogP contribution in [0.1, 0.15) is 70.1 Å². The third-order valence-corrected chi connectivity index (χ3v) is 11.7. The van der Waals surface area contributed by atoms with Gasteiger partial charge in [-0.2, -0.15) is 12.6 Å². The molecule has 3 rings (SSSR count). The van der Waals surface area contributed by atoms with E-state index in [4.69, 9.17) is 130 Å². The van der Waals surface area contributed by atoms with Crippen LogP contribution in [0, 0.1) is 0 Å². The van der Waals surface area contributed by atoms with Crippen molar-refractivity contribution in [2.24, 2.45) is 86.0 Å². The number of carbonyl (C=O) groups is 16. The van der Waals surface area contributed by atoms with Gasteiger partial charge in [0, 0.05) is 36.9 Å². The number of hydrogen-bond acceptors (Lipinski definition) is 36. The van der Waals surface area contributed by atoms with E-state index in [0.717, 1.165) is 30.6 Å². The number of nitrogens with zero attached hydrogens (tertiary/aromatic N) is 1. The number of esters is 5. The van der Waals surface area contributed by atoms with Gasteiger partial charge < -0.3 is 161 Å². The Bertz CT molecular complexity index is 2870. The Labute approximate surface area is 592 Å². The van der Waals surface area contributed by atoms with Crippen LogP contribution in [-0.2, 0) is 109 Å². The number of aromatic amines is 1. The summed E-state index contributed by atoms with van der Waals surface area (Å²) in [5.74, 6) is -14.8. The van der Waals surface area contributed by atoms with Gasteiger partial charge in [0.05, 0.1) is 25.9 Å². The lowest BCUT2D eigenvalue weighted by Crippen LogP contribution is -2.47. The van der Waals surface area contributed by atoms with Gasteiger partial charge in [-0.25, -0.2) is 14.6 Å². The number of imidazole rings is 1. The number of ether oxygens (including phenoxy) is 4. The van der Waals surface area contributed by atoms with Crippen molar-refractivity contribution >= 4 is 108 Å². The fraction of sp³-hybridized carbons (Fsp3) is 0.545. The van der Waals surface area contributed by atoms with E-state index in [1.165, 1.54) is 20.2 Å². The number of nitrogens with two attached hydrogens (primary N) is 15. The first-order valence-corrected chi connectivity index (χ1v) is 30.1. The molecule has 48 heteroatoms. The number of aliphatic hydroxyl groups excluding tert-OH is 1. The lowest BCUT2D eigenvalue weighted by Gasteiger charge is -2.20. The van der Waals surface area contributed by atoms with Gasteiger partial charge in [0.15, 0.2) is 0 Å². The molecule has 1 aromatic heterocycles. The molecule has 1 aliphatic heterocycles. The van der Waals surface area contributed by atoms with Crippen molar-refractivity contribution in [3.05, 3.63) is 54.1 Å². The topological polar surface area (TPSA) is 923 Å². The number of rotatable bonds is 33. The first-order chi connectivity index (χ1) is 47.6. The fourth-order valence-corrected chi connectivity index (χ4v) is 5.50. The SMILES string of the molecule is C[C@@H](OC(=O)[C@@H](N)COC(=O)[C@@H](N)Cc1ccccc1)[C@H](N)C(=O)O.C[C@H](N)C(=O)O.NC(=O)CC[C@H](N)C(=O)O.NC(=O)CC[C@H](N)C(=O)O.NC(=O)C[C@H](N)C(=O)O.NCC(=O)O.N[C@@H](CO)C(=O)OC[C@H](N)C(=O)OC(=O)[C@@H](N)CS.N[C@@H](Cc1cnc[nH]1)C(=O)O.O=C(O)[C@@H]1CCCN1. The molecular weight excluding hydrogens is 1410 g/mol. The van der Waals surface area contributed by atoms with Crippen LogP contribution in [0.15, 0.2) is 42.9 Å². The molecule has 2 aromatic rings. The van der Waals surface area contributed by atoms with Crippen LogP contribution < -0.4 is 91.3 Å². The van der Waals surface area contributed by atoms with E-state index >= 15 is 0 Å². The van der Waals surface area contributed by atoms with Gasteiger partial charge >= 0.3 is 77.6 Å². The first kappa shape index (κ1) is 104. The van der Waals surface area contributed by atoms with Gasteiger partial charge in [-0.3, -0.25) is 67.1 Å². The predicted molar refractivity (Wildman–Crippen MR) is 357 cm³/mol. The monoisotopic (exact) mass is 1510 g/mol. The molecule has 0 spiro atoms. The van der Waals surface area contributed by atoms with Gasteiger partial charge in [0.2, 0.25) is 17.7 Å². The summed E-state index contributed by atoms with van der Waals surface area (Å²) in [4.78, 5) is 174. The zero-order chi connectivity index (χ0) is 81.4. The normalized spacial score (nSPS) is 14.8. The molecule has 3 amide bonds. The molecular formula is C55H98N18O29S. The molecule has 103 heavy (non-hydrogen) atoms. The summed E-state index contributed by atoms with van der Waals surface area (Å²) in [6.45, 7) is 1.75. The molecule has 1 saturated heterocycles. The molecule has 0 radical (unpaired) electrons. The number of thiol groups is 1. The van der Waals surface area contributed by atoms with Crippen molar-refractivity contribution in [1.29, 1.82) is 0 Å². The number of amides is 3. The molecule has 1 aliphatic rings. The van der Waals surface area contributed by atoms with Crippen LogP contribution in [-0.4, -0.2) is 269 Å². The van der Waals surface area contributed by atoms with Gasteiger partial charge in [0.25, 0.3) is 0 Å². The van der Waals surface area contributed by atoms with Crippen LogP contribution in [0.2, 0.25) is 0 Å². The van der Waals surface area contributed by atoms with Crippen molar-refractivity contribution in [1.82, 2.24) is 15.3 Å². The van der Waals surface area contributed by atoms with E-state index in [0.29, 0.717) is 0 Å². The molecule has 1 fully saturated rings. The number of aromatic nitrogens is 2. The van der Waals surface area contributed by atoms with Gasteiger partial charge in [0.1, 0.15) is 91.8 Å². The van der Waals surface area contributed by atoms with Crippen molar-refractivity contribution < 1.29 is 142 Å². The Morgan fingerprint density at radius 3 is 1.28 bits per heavy atom. The first-order valence-electron chi connectivity index (χ1n) is 29.5. The van der Waals surface area contributed by atoms with E-state index in [1.54, 1.807) is 6.20 Å². The van der Waals surface area contributed by atoms with E-state index < -0.39 is 188 Å². The Morgan fingerprint density at radius 2 is 0.971 bits per heavy atom. The number of carboxylic acids is 8. The lowest BCUT2D eigenvalue weighted by molar-refractivity contribution is -0.163. The number of aliphatic carboxylic acids is 8. The minimum atomic E-state index is -1.38. The van der Waals surface area contributed by atoms with Gasteiger partial charge in [-0.05, 0) is 58.1 Å². The quantitative estimate of drug-likeness (QED) is 0.0137. The van der Waals surface area contributed by atoms with Crippen LogP contribution in [0.3, 0.4) is 0 Å². The average Bonchev–Trinajstić information content (AvgIpc) is 1.69. The number of carbonyl (C=O) groups excluding carboxylic acids is 8. The fourth-order valence-electron chi connectivity index (χ4n) is 5.35. The summed E-state index contributed by atoms with van der Waals surface area (Å²) in [5.41, 5.74) is 77.9. The highest BCUT2D eigenvalue weighted by molar-refractivity contribution is 7.80. The van der Waals surface area contributed by atoms with Crippen molar-refractivity contribution in [2.45, 2.75) is 150 Å². The zero-order valence-corrected chi connectivity index (χ0v) is 56.8. The summed E-state index contributed by atoms with van der Waals surface area (Å²) < 4.78 is 18.6. The second kappa shape index (κ2) is 60.7. The van der Waals surface area contributed by atoms with E-state index in [9.17, 15) is 76.7 Å². The Kier molecular flexibility index (Phi) is 61.2. The number of H-pyrrole nitrogens is 1. The smallest absolute Gasteiger partial charge is 0.334 e. The molecule has 41 N–H and O–H groups in total. The number of nitrogens with one attached hydrogen (secondary N) is 2. The molecule has 588 valence electrons. The maximum Gasteiger partial charge on any atom is 0.334 e. The number of aliphatic hydroxyl groups is 1. The highest BCUT2D eigenvalue weighted by Crippen LogP contribution is 2.06. The Hall–Kier alpha value is -10.1. The summed E-state index contributed by atoms with van der Waals surface area (Å²) in [5, 5.41) is 76.9. The lowest BCUT2D eigenvalue weighted by atomic mass is 10.1. The van der Waals surface area contributed by atoms with Gasteiger partial charge in [-0.15, -0.1) is 0 Å². The van der Waals surface area contributed by atoms with Crippen molar-refractivity contribution in [3.63, 3.8) is 0 Å². The minimum Gasteiger partial charge on any atom is -0.480 e. The Morgan fingerprint density at radius 1 is 0.544 bits per heavy atom. The number of hydrogen-bond donors (Lipinski definition) is 27. The molecule has 47 nitrogen and oxygen atoms in total. The van der Waals surface area contributed by atoms with Crippen LogP contribution >= 0.6 is 12.6 Å². The molecule has 0 bridgehead atoms. The summed E-state index contributed by atoms with van der Waals surface area (Å²) in [6, 6.07) is -3.01. The Balaban J connectivity index is -0.000000269. The maximum atomic E-state index is 11.8. The summed E-state index contributed by atoms with van der Waals surface area (Å²) in [7, 11) is 0. The van der Waals surface area contributed by atoms with Crippen molar-refractivity contribution in [3.8, 4) is 0 Å². The third-order valence-electron chi connectivity index (χ3n) is 11.3. The van der Waals surface area contributed by atoms with Crippen LogP contribution in [0.5, 0.6) is 0 Å². The molecule has 0 saturated carbocycles. The number of benzene rings is 1. The molecule has 0 aliphatic carbocycles. The maximum absolute atomic E-state index is 11.8. The predicted octanol–water partition coefficient (Wildman–Crippen LogP) is -11.5. The molecule has 2 heterocycles. The summed E-state index contributed by atoms with van der Waals surface area (Å²) in [6.07, 6.45) is 4.26. The van der Waals surface area contributed by atoms with E-state index in [2.05, 4.69) is 48.9 Å². The zero-order valence-electron chi connectivity index (χ0n) is 55.9. The second-order valence-corrected chi connectivity index (χ2v) is 20.9. The van der Waals surface area contributed by atoms with Crippen LogP contribution in [0.4, 0.5) is 0 Å².